The van der Waals surface area contributed by atoms with E-state index in [-0.39, 0.29) is 5.91 Å². The smallest absolute Gasteiger partial charge is 0.256 e. The van der Waals surface area contributed by atoms with Crippen molar-refractivity contribution in [3.63, 3.8) is 0 Å². The first-order valence-electron chi connectivity index (χ1n) is 7.01. The van der Waals surface area contributed by atoms with Gasteiger partial charge in [-0.1, -0.05) is 11.6 Å². The fourth-order valence-corrected chi connectivity index (χ4v) is 3.93. The van der Waals surface area contributed by atoms with Crippen LogP contribution in [0.4, 0.5) is 0 Å². The molecular formula is C15H15ClN4OS2. The van der Waals surface area contributed by atoms with Crippen molar-refractivity contribution >= 4 is 40.2 Å². The van der Waals surface area contributed by atoms with Gasteiger partial charge in [0, 0.05) is 23.8 Å². The van der Waals surface area contributed by atoms with Crippen LogP contribution in [0.5, 0.6) is 0 Å². The summed E-state index contributed by atoms with van der Waals surface area (Å²) in [5.74, 6) is -0.199. The Labute approximate surface area is 146 Å². The number of rotatable bonds is 5. The number of carbonyl (C=O) groups excluding carboxylic acids is 1. The van der Waals surface area contributed by atoms with E-state index < -0.39 is 0 Å². The van der Waals surface area contributed by atoms with Crippen LogP contribution in [0.1, 0.15) is 20.2 Å². The van der Waals surface area contributed by atoms with Gasteiger partial charge in [-0.15, -0.1) is 22.7 Å². The molecule has 3 rings (SSSR count). The normalized spacial score (nSPS) is 10.9. The second kappa shape index (κ2) is 6.82. The van der Waals surface area contributed by atoms with Crippen LogP contribution in [0, 0.1) is 6.92 Å². The second-order valence-corrected chi connectivity index (χ2v) is 7.58. The first-order chi connectivity index (χ1) is 11.0. The molecule has 0 aliphatic carbocycles. The Morgan fingerprint density at radius 3 is 2.91 bits per heavy atom. The van der Waals surface area contributed by atoms with E-state index in [0.29, 0.717) is 17.3 Å². The molecule has 3 aromatic rings. The minimum atomic E-state index is -0.199. The molecular weight excluding hydrogens is 352 g/mol. The Hall–Kier alpha value is -1.70. The van der Waals surface area contributed by atoms with Gasteiger partial charge in [0.05, 0.1) is 27.3 Å². The standard InChI is InChI=1S/C15H15ClN4OS2/c1-9-19-12(8-22-9)13-4-3-10(23-13)5-6-17-15(21)11-7-18-20(2)14(11)16/h3-4,7-8H,5-6H2,1-2H3,(H,17,21). The molecule has 8 heteroatoms. The van der Waals surface area contributed by atoms with Crippen molar-refractivity contribution in [1.82, 2.24) is 20.1 Å². The van der Waals surface area contributed by atoms with Crippen LogP contribution in [0.2, 0.25) is 5.15 Å². The number of nitrogens with one attached hydrogen (secondary N) is 1. The number of aryl methyl sites for hydroxylation is 2. The molecule has 0 aliphatic rings. The molecule has 0 spiro atoms. The maximum atomic E-state index is 12.0. The summed E-state index contributed by atoms with van der Waals surface area (Å²) in [6.45, 7) is 2.56. The van der Waals surface area contributed by atoms with E-state index in [1.54, 1.807) is 29.7 Å². The number of aromatic nitrogens is 3. The largest absolute Gasteiger partial charge is 0.352 e. The van der Waals surface area contributed by atoms with Crippen molar-refractivity contribution in [2.45, 2.75) is 13.3 Å². The van der Waals surface area contributed by atoms with E-state index in [2.05, 4.69) is 32.9 Å². The van der Waals surface area contributed by atoms with Crippen LogP contribution in [-0.2, 0) is 13.5 Å². The molecule has 0 saturated carbocycles. The van der Waals surface area contributed by atoms with Crippen molar-refractivity contribution < 1.29 is 4.79 Å². The number of thiophene rings is 1. The minimum Gasteiger partial charge on any atom is -0.352 e. The Morgan fingerprint density at radius 1 is 1.43 bits per heavy atom. The van der Waals surface area contributed by atoms with Gasteiger partial charge in [0.2, 0.25) is 0 Å². The molecule has 0 aliphatic heterocycles. The maximum Gasteiger partial charge on any atom is 0.256 e. The molecule has 0 saturated heterocycles. The van der Waals surface area contributed by atoms with Crippen LogP contribution in [0.25, 0.3) is 10.6 Å². The first-order valence-corrected chi connectivity index (χ1v) is 9.09. The van der Waals surface area contributed by atoms with Gasteiger partial charge in [0.15, 0.2) is 0 Å². The Bertz CT molecular complexity index is 836. The van der Waals surface area contributed by atoms with E-state index in [9.17, 15) is 4.79 Å². The summed E-state index contributed by atoms with van der Waals surface area (Å²) < 4.78 is 1.47. The molecule has 0 bridgehead atoms. The lowest BCUT2D eigenvalue weighted by Crippen LogP contribution is -2.25. The van der Waals surface area contributed by atoms with Crippen molar-refractivity contribution in [3.8, 4) is 10.6 Å². The minimum absolute atomic E-state index is 0.199. The zero-order chi connectivity index (χ0) is 16.4. The third-order valence-electron chi connectivity index (χ3n) is 3.30. The van der Waals surface area contributed by atoms with Gasteiger partial charge in [-0.05, 0) is 25.5 Å². The molecule has 3 heterocycles. The summed E-state index contributed by atoms with van der Waals surface area (Å²) in [7, 11) is 1.70. The van der Waals surface area contributed by atoms with E-state index in [1.165, 1.54) is 15.8 Å². The Balaban J connectivity index is 1.56. The van der Waals surface area contributed by atoms with Crippen molar-refractivity contribution in [3.05, 3.63) is 44.3 Å². The van der Waals surface area contributed by atoms with Gasteiger partial charge in [-0.25, -0.2) is 4.98 Å². The monoisotopic (exact) mass is 366 g/mol. The number of nitrogens with zero attached hydrogens (tertiary/aromatic N) is 3. The van der Waals surface area contributed by atoms with E-state index in [0.717, 1.165) is 22.0 Å². The maximum absolute atomic E-state index is 12.0. The summed E-state index contributed by atoms with van der Waals surface area (Å²) in [5, 5.41) is 10.3. The molecule has 1 amide bonds. The number of thiazole rings is 1. The third-order valence-corrected chi connectivity index (χ3v) is 5.69. The van der Waals surface area contributed by atoms with E-state index >= 15 is 0 Å². The molecule has 120 valence electrons. The summed E-state index contributed by atoms with van der Waals surface area (Å²) in [5.41, 5.74) is 1.42. The second-order valence-electron chi connectivity index (χ2n) is 5.00. The summed E-state index contributed by atoms with van der Waals surface area (Å²) in [4.78, 5) is 18.9. The highest BCUT2D eigenvalue weighted by Crippen LogP contribution is 2.29. The van der Waals surface area contributed by atoms with Gasteiger partial charge in [0.1, 0.15) is 5.15 Å². The Morgan fingerprint density at radius 2 is 2.26 bits per heavy atom. The van der Waals surface area contributed by atoms with Crippen LogP contribution in [0.15, 0.2) is 23.7 Å². The predicted molar refractivity (Wildman–Crippen MR) is 94.4 cm³/mol. The van der Waals surface area contributed by atoms with Gasteiger partial charge >= 0.3 is 0 Å². The lowest BCUT2D eigenvalue weighted by molar-refractivity contribution is 0.0954. The number of hydrogen-bond donors (Lipinski definition) is 1. The SMILES string of the molecule is Cc1nc(-c2ccc(CCNC(=O)c3cnn(C)c3Cl)s2)cs1. The highest BCUT2D eigenvalue weighted by Gasteiger charge is 2.14. The number of halogens is 1. The lowest BCUT2D eigenvalue weighted by Gasteiger charge is -2.03. The highest BCUT2D eigenvalue weighted by molar-refractivity contribution is 7.16. The van der Waals surface area contributed by atoms with Crippen LogP contribution in [0.3, 0.4) is 0 Å². The molecule has 0 aromatic carbocycles. The predicted octanol–water partition coefficient (Wildman–Crippen LogP) is 3.54. The summed E-state index contributed by atoms with van der Waals surface area (Å²) in [6, 6.07) is 4.16. The molecule has 0 radical (unpaired) electrons. The van der Waals surface area contributed by atoms with Crippen molar-refractivity contribution in [2.75, 3.05) is 6.54 Å². The fraction of sp³-hybridized carbons (Fsp3) is 0.267. The average Bonchev–Trinajstić information content (AvgIpc) is 3.22. The zero-order valence-corrected chi connectivity index (χ0v) is 15.1. The number of hydrogen-bond acceptors (Lipinski definition) is 5. The Kier molecular flexibility index (Phi) is 4.79. The molecule has 0 fully saturated rings. The fourth-order valence-electron chi connectivity index (χ4n) is 2.10. The van der Waals surface area contributed by atoms with Gasteiger partial charge in [0.25, 0.3) is 5.91 Å². The van der Waals surface area contributed by atoms with Gasteiger partial charge in [-0.3, -0.25) is 9.48 Å². The third kappa shape index (κ3) is 3.63. The average molecular weight is 367 g/mol. The molecule has 1 N–H and O–H groups in total. The van der Waals surface area contributed by atoms with Gasteiger partial charge < -0.3 is 5.32 Å². The summed E-state index contributed by atoms with van der Waals surface area (Å²) >= 11 is 9.36. The quantitative estimate of drug-likeness (QED) is 0.751. The number of amides is 1. The highest BCUT2D eigenvalue weighted by atomic mass is 35.5. The molecule has 5 nitrogen and oxygen atoms in total. The van der Waals surface area contributed by atoms with Crippen molar-refractivity contribution in [1.29, 1.82) is 0 Å². The van der Waals surface area contributed by atoms with Crippen LogP contribution >= 0.6 is 34.3 Å². The van der Waals surface area contributed by atoms with Crippen molar-refractivity contribution in [2.24, 2.45) is 7.05 Å². The molecule has 0 unspecified atom stereocenters. The number of carbonyl (C=O) groups is 1. The topological polar surface area (TPSA) is 59.8 Å². The van der Waals surface area contributed by atoms with Crippen LogP contribution < -0.4 is 5.32 Å². The first kappa shape index (κ1) is 16.2. The molecule has 0 atom stereocenters. The molecule has 23 heavy (non-hydrogen) atoms. The van der Waals surface area contributed by atoms with E-state index in [1.807, 2.05) is 6.92 Å². The zero-order valence-electron chi connectivity index (χ0n) is 12.7. The van der Waals surface area contributed by atoms with Gasteiger partial charge in [-0.2, -0.15) is 5.10 Å². The lowest BCUT2D eigenvalue weighted by atomic mass is 10.3. The molecule has 3 aromatic heterocycles. The summed E-state index contributed by atoms with van der Waals surface area (Å²) in [6.07, 6.45) is 2.25. The van der Waals surface area contributed by atoms with E-state index in [4.69, 9.17) is 11.6 Å². The van der Waals surface area contributed by atoms with Crippen LogP contribution in [-0.4, -0.2) is 27.2 Å².